The zero-order valence-electron chi connectivity index (χ0n) is 18.3. The molecule has 3 heterocycles. The van der Waals surface area contributed by atoms with Crippen molar-refractivity contribution in [1.29, 1.82) is 0 Å². The molecule has 0 radical (unpaired) electrons. The van der Waals surface area contributed by atoms with Crippen molar-refractivity contribution in [1.82, 2.24) is 4.98 Å². The van der Waals surface area contributed by atoms with Crippen molar-refractivity contribution < 1.29 is 28.6 Å². The number of anilines is 1. The molecule has 33 heavy (non-hydrogen) atoms. The third kappa shape index (κ3) is 4.36. The van der Waals surface area contributed by atoms with Crippen LogP contribution in [0, 0.1) is 0 Å². The van der Waals surface area contributed by atoms with Crippen molar-refractivity contribution in [3.63, 3.8) is 0 Å². The first-order valence-electron chi connectivity index (χ1n) is 10.7. The molecule has 0 aliphatic carbocycles. The quantitative estimate of drug-likeness (QED) is 0.326. The van der Waals surface area contributed by atoms with Gasteiger partial charge in [0, 0.05) is 11.6 Å². The van der Waals surface area contributed by atoms with Crippen molar-refractivity contribution >= 4 is 28.2 Å². The second-order valence-electron chi connectivity index (χ2n) is 7.30. The number of carbonyl (C=O) groups excluding carboxylic acids is 2. The van der Waals surface area contributed by atoms with Crippen LogP contribution in [-0.2, 0) is 4.79 Å². The number of ketones is 1. The first-order valence-corrected chi connectivity index (χ1v) is 11.6. The predicted molar refractivity (Wildman–Crippen MR) is 123 cm³/mol. The normalized spacial score (nSPS) is 15.9. The summed E-state index contributed by atoms with van der Waals surface area (Å²) in [6.45, 7) is 4.90. The van der Waals surface area contributed by atoms with Gasteiger partial charge in [0.15, 0.2) is 28.1 Å². The summed E-state index contributed by atoms with van der Waals surface area (Å²) < 4.78 is 16.9. The first kappa shape index (κ1) is 22.6. The van der Waals surface area contributed by atoms with Gasteiger partial charge in [0.25, 0.3) is 5.91 Å². The fourth-order valence-corrected chi connectivity index (χ4v) is 4.30. The van der Waals surface area contributed by atoms with E-state index in [-0.39, 0.29) is 11.3 Å². The average molecular weight is 469 g/mol. The summed E-state index contributed by atoms with van der Waals surface area (Å²) in [5.74, 6) is -0.805. The Morgan fingerprint density at radius 2 is 2.09 bits per heavy atom. The van der Waals surface area contributed by atoms with Gasteiger partial charge in [-0.2, -0.15) is 0 Å². The maximum Gasteiger partial charge on any atom is 0.296 e. The fourth-order valence-electron chi connectivity index (χ4n) is 3.63. The Hall–Kier alpha value is -3.59. The largest absolute Gasteiger partial charge is 0.503 e. The lowest BCUT2D eigenvalue weighted by Crippen LogP contribution is -2.31. The van der Waals surface area contributed by atoms with Crippen molar-refractivity contribution in [2.24, 2.45) is 0 Å². The van der Waals surface area contributed by atoms with Gasteiger partial charge in [-0.25, -0.2) is 4.98 Å². The van der Waals surface area contributed by atoms with Gasteiger partial charge in [-0.1, -0.05) is 19.4 Å². The molecule has 3 aromatic rings. The van der Waals surface area contributed by atoms with Crippen molar-refractivity contribution in [3.8, 4) is 11.5 Å². The Kier molecular flexibility index (Phi) is 6.79. The van der Waals surface area contributed by atoms with Crippen molar-refractivity contribution in [2.45, 2.75) is 32.7 Å². The summed E-state index contributed by atoms with van der Waals surface area (Å²) in [6.07, 6.45) is 4.83. The van der Waals surface area contributed by atoms with Gasteiger partial charge in [-0.3, -0.25) is 14.5 Å². The number of rotatable bonds is 10. The molecule has 4 rings (SSSR count). The molecule has 8 nitrogen and oxygen atoms in total. The number of aliphatic hydroxyl groups excluding tert-OH is 1. The maximum absolute atomic E-state index is 13.3. The minimum atomic E-state index is -0.912. The summed E-state index contributed by atoms with van der Waals surface area (Å²) in [5.41, 5.74) is 0.496. The van der Waals surface area contributed by atoms with Gasteiger partial charge >= 0.3 is 0 Å². The zero-order valence-corrected chi connectivity index (χ0v) is 19.1. The minimum absolute atomic E-state index is 0.0277. The highest BCUT2D eigenvalue weighted by Gasteiger charge is 2.46. The zero-order chi connectivity index (χ0) is 23.4. The maximum atomic E-state index is 13.3. The van der Waals surface area contributed by atoms with Crippen molar-refractivity contribution in [2.75, 3.05) is 18.1 Å². The molecule has 1 N–H and O–H groups in total. The highest BCUT2D eigenvalue weighted by molar-refractivity contribution is 7.13. The molecule has 1 aromatic carbocycles. The molecule has 1 amide bonds. The second kappa shape index (κ2) is 9.91. The van der Waals surface area contributed by atoms with Gasteiger partial charge < -0.3 is 19.0 Å². The van der Waals surface area contributed by atoms with E-state index in [1.165, 1.54) is 28.6 Å². The molecular weight excluding hydrogens is 444 g/mol. The SMILES string of the molecule is CCCCOc1ccc(C2C(C(=O)c3ccco3)=C(O)C(=O)N2c2nccs2)cc1OCC. The third-order valence-corrected chi connectivity index (χ3v) is 5.93. The van der Waals surface area contributed by atoms with Crippen LogP contribution in [0.15, 0.2) is 63.9 Å². The average Bonchev–Trinajstić information content (AvgIpc) is 3.57. The van der Waals surface area contributed by atoms with Crippen LogP contribution in [0.2, 0.25) is 0 Å². The Balaban J connectivity index is 1.80. The number of Topliss-reactive ketones (excluding diaryl/α,β-unsaturated/α-hetero) is 1. The van der Waals surface area contributed by atoms with Gasteiger partial charge in [0.2, 0.25) is 5.78 Å². The molecule has 1 aliphatic rings. The van der Waals surface area contributed by atoms with Crippen LogP contribution in [0.4, 0.5) is 5.13 Å². The van der Waals surface area contributed by atoms with Crippen LogP contribution < -0.4 is 14.4 Å². The summed E-state index contributed by atoms with van der Waals surface area (Å²) in [6, 6.07) is 7.40. The van der Waals surface area contributed by atoms with Crippen LogP contribution in [0.1, 0.15) is 48.8 Å². The van der Waals surface area contributed by atoms with E-state index in [1.807, 2.05) is 6.92 Å². The minimum Gasteiger partial charge on any atom is -0.503 e. The Labute approximate surface area is 195 Å². The number of benzene rings is 1. The number of unbranched alkanes of at least 4 members (excludes halogenated alkanes) is 1. The smallest absolute Gasteiger partial charge is 0.296 e. The molecule has 1 atom stereocenters. The van der Waals surface area contributed by atoms with Gasteiger partial charge in [-0.05, 0) is 43.2 Å². The van der Waals surface area contributed by atoms with E-state index in [1.54, 1.807) is 35.8 Å². The molecule has 0 saturated heterocycles. The molecular formula is C24H24N2O6S. The van der Waals surface area contributed by atoms with E-state index < -0.39 is 23.5 Å². The fraction of sp³-hybridized carbons (Fsp3) is 0.292. The second-order valence-corrected chi connectivity index (χ2v) is 8.18. The topological polar surface area (TPSA) is 102 Å². The summed E-state index contributed by atoms with van der Waals surface area (Å²) >= 11 is 1.23. The lowest BCUT2D eigenvalue weighted by atomic mass is 9.95. The number of aliphatic hydroxyl groups is 1. The van der Waals surface area contributed by atoms with E-state index in [0.29, 0.717) is 35.4 Å². The highest BCUT2D eigenvalue weighted by Crippen LogP contribution is 2.44. The number of hydrogen-bond acceptors (Lipinski definition) is 8. The number of ether oxygens (including phenoxy) is 2. The molecule has 9 heteroatoms. The number of thiazole rings is 1. The Morgan fingerprint density at radius 1 is 1.24 bits per heavy atom. The standard InChI is InChI=1S/C24H24N2O6S/c1-3-5-11-31-16-9-8-15(14-18(16)30-4-2)20-19(21(27)17-7-6-12-32-17)22(28)23(29)26(20)24-25-10-13-33-24/h6-10,12-14,20,28H,3-5,11H2,1-2H3. The summed E-state index contributed by atoms with van der Waals surface area (Å²) in [7, 11) is 0. The number of aromatic nitrogens is 1. The predicted octanol–water partition coefficient (Wildman–Crippen LogP) is 5.10. The summed E-state index contributed by atoms with van der Waals surface area (Å²) in [5, 5.41) is 12.8. The molecule has 0 spiro atoms. The van der Waals surface area contributed by atoms with Crippen LogP contribution in [-0.4, -0.2) is 35.0 Å². The summed E-state index contributed by atoms with van der Waals surface area (Å²) in [4.78, 5) is 31.9. The van der Waals surface area contributed by atoms with E-state index in [0.717, 1.165) is 12.8 Å². The molecule has 172 valence electrons. The highest BCUT2D eigenvalue weighted by atomic mass is 32.1. The van der Waals surface area contributed by atoms with E-state index in [2.05, 4.69) is 11.9 Å². The number of carbonyl (C=O) groups is 2. The molecule has 0 saturated carbocycles. The van der Waals surface area contributed by atoms with E-state index >= 15 is 0 Å². The van der Waals surface area contributed by atoms with Gasteiger partial charge in [0.05, 0.1) is 31.1 Å². The van der Waals surface area contributed by atoms with Gasteiger partial charge in [-0.15, -0.1) is 11.3 Å². The lowest BCUT2D eigenvalue weighted by molar-refractivity contribution is -0.117. The van der Waals surface area contributed by atoms with Crippen LogP contribution in [0.25, 0.3) is 0 Å². The number of amides is 1. The Bertz CT molecular complexity index is 1150. The molecule has 2 aromatic heterocycles. The number of nitrogens with zero attached hydrogens (tertiary/aromatic N) is 2. The number of hydrogen-bond donors (Lipinski definition) is 1. The third-order valence-electron chi connectivity index (χ3n) is 5.16. The van der Waals surface area contributed by atoms with Gasteiger partial charge in [0.1, 0.15) is 0 Å². The van der Waals surface area contributed by atoms with Crippen molar-refractivity contribution in [3.05, 3.63) is 70.8 Å². The van der Waals surface area contributed by atoms with Crippen LogP contribution in [0.3, 0.4) is 0 Å². The molecule has 0 fully saturated rings. The lowest BCUT2D eigenvalue weighted by Gasteiger charge is -2.25. The molecule has 1 aliphatic heterocycles. The van der Waals surface area contributed by atoms with E-state index in [4.69, 9.17) is 13.9 Å². The molecule has 1 unspecified atom stereocenters. The van der Waals surface area contributed by atoms with Crippen LogP contribution >= 0.6 is 11.3 Å². The van der Waals surface area contributed by atoms with E-state index in [9.17, 15) is 14.7 Å². The van der Waals surface area contributed by atoms with Crippen LogP contribution in [0.5, 0.6) is 11.5 Å². The molecule has 0 bridgehead atoms. The number of furan rings is 1. The Morgan fingerprint density at radius 3 is 2.76 bits per heavy atom. The first-order chi connectivity index (χ1) is 16.1. The monoisotopic (exact) mass is 468 g/mol.